The molecule has 0 fully saturated rings. The second-order valence-corrected chi connectivity index (χ2v) is 5.96. The van der Waals surface area contributed by atoms with Crippen molar-refractivity contribution in [1.29, 1.82) is 0 Å². The van der Waals surface area contributed by atoms with Crippen molar-refractivity contribution in [1.82, 2.24) is 5.32 Å². The second kappa shape index (κ2) is 8.57. The average molecular weight is 267 g/mol. The van der Waals surface area contributed by atoms with Gasteiger partial charge in [-0.05, 0) is 49.1 Å². The van der Waals surface area contributed by atoms with E-state index in [1.165, 1.54) is 22.4 Å². The van der Waals surface area contributed by atoms with Crippen LogP contribution in [0.15, 0.2) is 23.1 Å². The van der Waals surface area contributed by atoms with Crippen LogP contribution >= 0.6 is 11.8 Å². The number of hydrogen-bond donors (Lipinski definition) is 2. The van der Waals surface area contributed by atoms with Crippen LogP contribution in [0.2, 0.25) is 0 Å². The minimum atomic E-state index is 0.269. The van der Waals surface area contributed by atoms with E-state index in [0.29, 0.717) is 5.92 Å². The minimum Gasteiger partial charge on any atom is -0.396 e. The fourth-order valence-corrected chi connectivity index (χ4v) is 2.65. The van der Waals surface area contributed by atoms with Crippen molar-refractivity contribution in [2.75, 3.05) is 18.9 Å². The van der Waals surface area contributed by atoms with Gasteiger partial charge in [-0.15, -0.1) is 11.8 Å². The van der Waals surface area contributed by atoms with Gasteiger partial charge in [-0.3, -0.25) is 0 Å². The highest BCUT2D eigenvalue weighted by atomic mass is 32.2. The Kier molecular flexibility index (Phi) is 7.40. The first kappa shape index (κ1) is 15.5. The summed E-state index contributed by atoms with van der Waals surface area (Å²) in [5.74, 6) is 1.34. The van der Waals surface area contributed by atoms with Gasteiger partial charge < -0.3 is 10.4 Å². The predicted molar refractivity (Wildman–Crippen MR) is 80.2 cm³/mol. The van der Waals surface area contributed by atoms with Gasteiger partial charge in [0.1, 0.15) is 0 Å². The Bertz CT molecular complexity index is 354. The molecular weight excluding hydrogens is 242 g/mol. The normalized spacial score (nSPS) is 12.7. The molecule has 0 aliphatic carbocycles. The second-order valence-electron chi connectivity index (χ2n) is 4.86. The number of aliphatic hydroxyl groups is 1. The molecule has 0 saturated heterocycles. The molecule has 0 heterocycles. The van der Waals surface area contributed by atoms with E-state index in [0.717, 1.165) is 18.8 Å². The van der Waals surface area contributed by atoms with E-state index in [1.54, 1.807) is 0 Å². The Hall–Kier alpha value is -0.510. The van der Waals surface area contributed by atoms with Gasteiger partial charge in [-0.2, -0.15) is 0 Å². The van der Waals surface area contributed by atoms with E-state index in [9.17, 15) is 0 Å². The van der Waals surface area contributed by atoms with Crippen LogP contribution in [-0.2, 0) is 6.54 Å². The van der Waals surface area contributed by atoms with Crippen LogP contribution in [0, 0.1) is 12.8 Å². The molecular formula is C15H25NOS. The summed E-state index contributed by atoms with van der Waals surface area (Å²) >= 11 is 1.82. The number of aryl methyl sites for hydroxylation is 1. The standard InChI is InChI=1S/C15H25NOS/c1-4-7-16-9-14-5-6-15(8-13(14)3)18-11-12(2)10-17/h5-6,8,12,16-17H,4,7,9-11H2,1-3H3. The molecule has 0 radical (unpaired) electrons. The zero-order valence-corrected chi connectivity index (χ0v) is 12.5. The lowest BCUT2D eigenvalue weighted by atomic mass is 10.1. The van der Waals surface area contributed by atoms with Gasteiger partial charge in [0.05, 0.1) is 0 Å². The molecule has 1 rings (SSSR count). The van der Waals surface area contributed by atoms with E-state index in [1.807, 2.05) is 11.8 Å². The van der Waals surface area contributed by atoms with Gasteiger partial charge in [0.2, 0.25) is 0 Å². The zero-order valence-electron chi connectivity index (χ0n) is 11.7. The summed E-state index contributed by atoms with van der Waals surface area (Å²) in [6.07, 6.45) is 1.17. The average Bonchev–Trinajstić information content (AvgIpc) is 2.38. The molecule has 1 aromatic carbocycles. The molecule has 0 aliphatic rings. The summed E-state index contributed by atoms with van der Waals surface area (Å²) < 4.78 is 0. The minimum absolute atomic E-state index is 0.269. The molecule has 3 heteroatoms. The molecule has 18 heavy (non-hydrogen) atoms. The van der Waals surface area contributed by atoms with Crippen LogP contribution in [0.3, 0.4) is 0 Å². The third-order valence-corrected chi connectivity index (χ3v) is 4.23. The number of hydrogen-bond acceptors (Lipinski definition) is 3. The first-order chi connectivity index (χ1) is 8.67. The van der Waals surface area contributed by atoms with Gasteiger partial charge >= 0.3 is 0 Å². The molecule has 1 aromatic rings. The van der Waals surface area contributed by atoms with E-state index in [2.05, 4.69) is 44.3 Å². The molecule has 0 spiro atoms. The van der Waals surface area contributed by atoms with Crippen LogP contribution < -0.4 is 5.32 Å². The number of rotatable bonds is 8. The third-order valence-electron chi connectivity index (χ3n) is 2.90. The van der Waals surface area contributed by atoms with E-state index in [4.69, 9.17) is 5.11 Å². The Balaban J connectivity index is 2.50. The molecule has 0 bridgehead atoms. The Labute approximate surface area is 115 Å². The van der Waals surface area contributed by atoms with Crippen molar-refractivity contribution < 1.29 is 5.11 Å². The van der Waals surface area contributed by atoms with Crippen molar-refractivity contribution in [3.63, 3.8) is 0 Å². The Morgan fingerprint density at radius 2 is 2.17 bits per heavy atom. The highest BCUT2D eigenvalue weighted by Gasteiger charge is 2.04. The Morgan fingerprint density at radius 3 is 2.78 bits per heavy atom. The quantitative estimate of drug-likeness (QED) is 0.560. The highest BCUT2D eigenvalue weighted by molar-refractivity contribution is 7.99. The summed E-state index contributed by atoms with van der Waals surface area (Å²) in [7, 11) is 0. The molecule has 0 saturated carbocycles. The summed E-state index contributed by atoms with van der Waals surface area (Å²) in [6, 6.07) is 6.65. The Morgan fingerprint density at radius 1 is 1.39 bits per heavy atom. The maximum absolute atomic E-state index is 9.01. The third kappa shape index (κ3) is 5.42. The summed E-state index contributed by atoms with van der Waals surface area (Å²) in [6.45, 7) is 8.72. The monoisotopic (exact) mass is 267 g/mol. The van der Waals surface area contributed by atoms with E-state index in [-0.39, 0.29) is 6.61 Å². The molecule has 2 nitrogen and oxygen atoms in total. The van der Waals surface area contributed by atoms with E-state index < -0.39 is 0 Å². The maximum Gasteiger partial charge on any atom is 0.0464 e. The number of nitrogens with one attached hydrogen (secondary N) is 1. The SMILES string of the molecule is CCCNCc1ccc(SCC(C)CO)cc1C. The van der Waals surface area contributed by atoms with Crippen LogP contribution in [0.4, 0.5) is 0 Å². The molecule has 1 unspecified atom stereocenters. The first-order valence-corrected chi connectivity index (χ1v) is 7.69. The predicted octanol–water partition coefficient (Wildman–Crippen LogP) is 3.22. The van der Waals surface area contributed by atoms with Crippen molar-refractivity contribution in [3.05, 3.63) is 29.3 Å². The van der Waals surface area contributed by atoms with Crippen LogP contribution in [0.1, 0.15) is 31.4 Å². The van der Waals surface area contributed by atoms with E-state index >= 15 is 0 Å². The molecule has 0 aliphatic heterocycles. The number of benzene rings is 1. The van der Waals surface area contributed by atoms with Gasteiger partial charge in [0.15, 0.2) is 0 Å². The van der Waals surface area contributed by atoms with Crippen molar-refractivity contribution in [3.8, 4) is 0 Å². The fourth-order valence-electron chi connectivity index (χ4n) is 1.65. The summed E-state index contributed by atoms with van der Waals surface area (Å²) in [5, 5.41) is 12.4. The lowest BCUT2D eigenvalue weighted by molar-refractivity contribution is 0.250. The van der Waals surface area contributed by atoms with Crippen LogP contribution in [0.5, 0.6) is 0 Å². The molecule has 2 N–H and O–H groups in total. The molecule has 0 aromatic heterocycles. The first-order valence-electron chi connectivity index (χ1n) is 6.71. The zero-order chi connectivity index (χ0) is 13.4. The molecule has 1 atom stereocenters. The van der Waals surface area contributed by atoms with Crippen LogP contribution in [0.25, 0.3) is 0 Å². The summed E-state index contributed by atoms with van der Waals surface area (Å²) in [5.41, 5.74) is 2.73. The van der Waals surface area contributed by atoms with Crippen molar-refractivity contribution in [2.24, 2.45) is 5.92 Å². The van der Waals surface area contributed by atoms with Crippen molar-refractivity contribution >= 4 is 11.8 Å². The van der Waals surface area contributed by atoms with Crippen molar-refractivity contribution in [2.45, 2.75) is 38.6 Å². The fraction of sp³-hybridized carbons (Fsp3) is 0.600. The lowest BCUT2D eigenvalue weighted by Crippen LogP contribution is -2.14. The lowest BCUT2D eigenvalue weighted by Gasteiger charge is -2.11. The maximum atomic E-state index is 9.01. The van der Waals surface area contributed by atoms with Crippen LogP contribution in [-0.4, -0.2) is 24.0 Å². The van der Waals surface area contributed by atoms with Gasteiger partial charge in [-0.25, -0.2) is 0 Å². The largest absolute Gasteiger partial charge is 0.396 e. The van der Waals surface area contributed by atoms with Gasteiger partial charge in [0.25, 0.3) is 0 Å². The molecule has 102 valence electrons. The smallest absolute Gasteiger partial charge is 0.0464 e. The number of thioether (sulfide) groups is 1. The topological polar surface area (TPSA) is 32.3 Å². The van der Waals surface area contributed by atoms with Gasteiger partial charge in [0, 0.05) is 23.8 Å². The number of aliphatic hydroxyl groups excluding tert-OH is 1. The molecule has 0 amide bonds. The highest BCUT2D eigenvalue weighted by Crippen LogP contribution is 2.23. The van der Waals surface area contributed by atoms with Gasteiger partial charge in [-0.1, -0.05) is 19.9 Å². The summed E-state index contributed by atoms with van der Waals surface area (Å²) in [4.78, 5) is 1.30.